The quantitative estimate of drug-likeness (QED) is 0.900. The minimum Gasteiger partial charge on any atom is -0.316 e. The van der Waals surface area contributed by atoms with Crippen molar-refractivity contribution < 1.29 is 4.79 Å². The molecule has 1 aromatic carbocycles. The Morgan fingerprint density at radius 1 is 1.32 bits per heavy atom. The summed E-state index contributed by atoms with van der Waals surface area (Å²) in [4.78, 5) is 12.7. The molecule has 0 radical (unpaired) electrons. The molecule has 1 unspecified atom stereocenters. The second-order valence-corrected chi connectivity index (χ2v) is 6.26. The molecule has 2 heteroatoms. The number of nitrogens with one attached hydrogen (secondary N) is 1. The Labute approximate surface area is 116 Å². The zero-order valence-electron chi connectivity index (χ0n) is 12.5. The van der Waals surface area contributed by atoms with Gasteiger partial charge in [0.15, 0.2) is 0 Å². The summed E-state index contributed by atoms with van der Waals surface area (Å²) in [6.45, 7) is 10.4. The molecule has 1 N–H and O–H groups in total. The lowest BCUT2D eigenvalue weighted by Gasteiger charge is -2.31. The van der Waals surface area contributed by atoms with Crippen molar-refractivity contribution in [3.8, 4) is 0 Å². The molecule has 0 bridgehead atoms. The molecule has 1 aliphatic heterocycles. The van der Waals surface area contributed by atoms with Crippen molar-refractivity contribution >= 4 is 5.78 Å². The first-order valence-electron chi connectivity index (χ1n) is 7.26. The Bertz CT molecular complexity index is 470. The highest BCUT2D eigenvalue weighted by Crippen LogP contribution is 2.36. The summed E-state index contributed by atoms with van der Waals surface area (Å²) < 4.78 is 0. The number of ketones is 1. The van der Waals surface area contributed by atoms with Crippen molar-refractivity contribution in [1.82, 2.24) is 5.32 Å². The van der Waals surface area contributed by atoms with Crippen molar-refractivity contribution in [3.63, 3.8) is 0 Å². The highest BCUT2D eigenvalue weighted by molar-refractivity contribution is 5.87. The third kappa shape index (κ3) is 2.74. The minimum atomic E-state index is -0.154. The molecular formula is C17H25NO. The van der Waals surface area contributed by atoms with Crippen molar-refractivity contribution in [1.29, 1.82) is 0 Å². The first-order valence-corrected chi connectivity index (χ1v) is 7.26. The molecule has 0 saturated carbocycles. The summed E-state index contributed by atoms with van der Waals surface area (Å²) >= 11 is 0. The summed E-state index contributed by atoms with van der Waals surface area (Å²) in [6.07, 6.45) is 1.55. The number of hydrogen-bond donors (Lipinski definition) is 1. The van der Waals surface area contributed by atoms with Crippen molar-refractivity contribution in [2.24, 2.45) is 11.3 Å². The van der Waals surface area contributed by atoms with Crippen LogP contribution in [0.2, 0.25) is 0 Å². The molecule has 0 amide bonds. The van der Waals surface area contributed by atoms with E-state index in [1.165, 1.54) is 11.1 Å². The number of benzene rings is 1. The number of Topliss-reactive ketones (excluding diaryl/α,β-unsaturated/α-hetero) is 1. The van der Waals surface area contributed by atoms with E-state index in [4.69, 9.17) is 0 Å². The predicted octanol–water partition coefficient (Wildman–Crippen LogP) is 3.05. The number of hydrogen-bond acceptors (Lipinski definition) is 2. The Balaban J connectivity index is 2.17. The van der Waals surface area contributed by atoms with Gasteiger partial charge in [0, 0.05) is 18.4 Å². The van der Waals surface area contributed by atoms with Crippen LogP contribution < -0.4 is 5.32 Å². The summed E-state index contributed by atoms with van der Waals surface area (Å²) in [5.41, 5.74) is 3.56. The maximum atomic E-state index is 12.7. The van der Waals surface area contributed by atoms with Gasteiger partial charge >= 0.3 is 0 Å². The second kappa shape index (κ2) is 5.46. The Kier molecular flexibility index (Phi) is 4.10. The van der Waals surface area contributed by atoms with E-state index in [1.54, 1.807) is 0 Å². The van der Waals surface area contributed by atoms with Crippen LogP contribution in [0.5, 0.6) is 0 Å². The molecule has 1 aliphatic rings. The highest BCUT2D eigenvalue weighted by atomic mass is 16.1. The van der Waals surface area contributed by atoms with Gasteiger partial charge in [-0.05, 0) is 49.4 Å². The van der Waals surface area contributed by atoms with E-state index in [0.717, 1.165) is 25.1 Å². The molecule has 1 saturated heterocycles. The van der Waals surface area contributed by atoms with E-state index < -0.39 is 0 Å². The number of rotatable bonds is 4. The molecule has 104 valence electrons. The van der Waals surface area contributed by atoms with Crippen LogP contribution in [0.15, 0.2) is 18.2 Å². The van der Waals surface area contributed by atoms with Gasteiger partial charge in [0.25, 0.3) is 0 Å². The molecule has 1 aromatic rings. The zero-order valence-corrected chi connectivity index (χ0v) is 12.5. The third-order valence-electron chi connectivity index (χ3n) is 4.78. The van der Waals surface area contributed by atoms with Crippen LogP contribution in [-0.4, -0.2) is 18.9 Å². The summed E-state index contributed by atoms with van der Waals surface area (Å²) in [7, 11) is 0. The molecule has 0 aliphatic carbocycles. The SMILES string of the molecule is Cc1ccc(CC(=O)C2(C(C)C)CCNC2)cc1C. The van der Waals surface area contributed by atoms with Gasteiger partial charge in [0.2, 0.25) is 0 Å². The normalized spacial score (nSPS) is 23.0. The Hall–Kier alpha value is -1.15. The smallest absolute Gasteiger partial charge is 0.144 e. The molecule has 2 rings (SSSR count). The van der Waals surface area contributed by atoms with Crippen LogP contribution in [0.3, 0.4) is 0 Å². The van der Waals surface area contributed by atoms with Gasteiger partial charge in [-0.15, -0.1) is 0 Å². The number of carbonyl (C=O) groups excluding carboxylic acids is 1. The largest absolute Gasteiger partial charge is 0.316 e. The Morgan fingerprint density at radius 2 is 2.05 bits per heavy atom. The van der Waals surface area contributed by atoms with Crippen molar-refractivity contribution in [3.05, 3.63) is 34.9 Å². The van der Waals surface area contributed by atoms with E-state index >= 15 is 0 Å². The van der Waals surface area contributed by atoms with Gasteiger partial charge < -0.3 is 5.32 Å². The Morgan fingerprint density at radius 3 is 2.58 bits per heavy atom. The van der Waals surface area contributed by atoms with E-state index in [1.807, 2.05) is 0 Å². The predicted molar refractivity (Wildman–Crippen MR) is 79.4 cm³/mol. The number of carbonyl (C=O) groups is 1. The fourth-order valence-corrected chi connectivity index (χ4v) is 3.04. The van der Waals surface area contributed by atoms with E-state index in [2.05, 4.69) is 51.2 Å². The topological polar surface area (TPSA) is 29.1 Å². The third-order valence-corrected chi connectivity index (χ3v) is 4.78. The van der Waals surface area contributed by atoms with E-state index in [-0.39, 0.29) is 5.41 Å². The van der Waals surface area contributed by atoms with Crippen molar-refractivity contribution in [2.75, 3.05) is 13.1 Å². The first kappa shape index (κ1) is 14.3. The van der Waals surface area contributed by atoms with Gasteiger partial charge in [-0.3, -0.25) is 4.79 Å². The van der Waals surface area contributed by atoms with Crippen LogP contribution in [0, 0.1) is 25.2 Å². The maximum Gasteiger partial charge on any atom is 0.144 e. The van der Waals surface area contributed by atoms with Crippen molar-refractivity contribution in [2.45, 2.75) is 40.5 Å². The average Bonchev–Trinajstić information content (AvgIpc) is 2.84. The molecule has 2 nitrogen and oxygen atoms in total. The fraction of sp³-hybridized carbons (Fsp3) is 0.588. The molecule has 19 heavy (non-hydrogen) atoms. The van der Waals surface area contributed by atoms with Crippen LogP contribution in [0.1, 0.15) is 37.0 Å². The maximum absolute atomic E-state index is 12.7. The number of aryl methyl sites for hydroxylation is 2. The summed E-state index contributed by atoms with van der Waals surface area (Å²) in [6, 6.07) is 6.37. The molecular weight excluding hydrogens is 234 g/mol. The summed E-state index contributed by atoms with van der Waals surface area (Å²) in [5, 5.41) is 3.36. The second-order valence-electron chi connectivity index (χ2n) is 6.26. The minimum absolute atomic E-state index is 0.154. The molecule has 1 atom stereocenters. The van der Waals surface area contributed by atoms with E-state index in [9.17, 15) is 4.79 Å². The van der Waals surface area contributed by atoms with Crippen LogP contribution >= 0.6 is 0 Å². The lowest BCUT2D eigenvalue weighted by Crippen LogP contribution is -2.39. The standard InChI is InChI=1S/C17H25NO/c1-12(2)17(7-8-18-11-17)16(19)10-15-6-5-13(3)14(4)9-15/h5-6,9,12,18H,7-8,10-11H2,1-4H3. The lowest BCUT2D eigenvalue weighted by atomic mass is 9.71. The van der Waals surface area contributed by atoms with Crippen LogP contribution in [0.4, 0.5) is 0 Å². The van der Waals surface area contributed by atoms with Gasteiger partial charge in [-0.25, -0.2) is 0 Å². The van der Waals surface area contributed by atoms with Gasteiger partial charge in [-0.2, -0.15) is 0 Å². The van der Waals surface area contributed by atoms with Crippen LogP contribution in [0.25, 0.3) is 0 Å². The van der Waals surface area contributed by atoms with Crippen LogP contribution in [-0.2, 0) is 11.2 Å². The molecule has 0 aromatic heterocycles. The highest BCUT2D eigenvalue weighted by Gasteiger charge is 2.43. The summed E-state index contributed by atoms with van der Waals surface area (Å²) in [5.74, 6) is 0.803. The van der Waals surface area contributed by atoms with E-state index in [0.29, 0.717) is 18.1 Å². The first-order chi connectivity index (χ1) is 8.95. The average molecular weight is 259 g/mol. The van der Waals surface area contributed by atoms with Gasteiger partial charge in [0.05, 0.1) is 0 Å². The molecule has 0 spiro atoms. The monoisotopic (exact) mass is 259 g/mol. The molecule has 1 heterocycles. The lowest BCUT2D eigenvalue weighted by molar-refractivity contribution is -0.129. The fourth-order valence-electron chi connectivity index (χ4n) is 3.04. The zero-order chi connectivity index (χ0) is 14.0. The molecule has 1 fully saturated rings. The van der Waals surface area contributed by atoms with Gasteiger partial charge in [0.1, 0.15) is 5.78 Å². The van der Waals surface area contributed by atoms with Gasteiger partial charge in [-0.1, -0.05) is 32.0 Å².